The van der Waals surface area contributed by atoms with E-state index in [9.17, 15) is 4.39 Å². The van der Waals surface area contributed by atoms with Crippen LogP contribution in [0, 0.1) is 5.82 Å². The summed E-state index contributed by atoms with van der Waals surface area (Å²) in [5.41, 5.74) is 5.88. The summed E-state index contributed by atoms with van der Waals surface area (Å²) in [6.07, 6.45) is 2.07. The van der Waals surface area contributed by atoms with Gasteiger partial charge in [-0.3, -0.25) is 4.57 Å². The summed E-state index contributed by atoms with van der Waals surface area (Å²) in [5.74, 6) is 0.373. The zero-order chi connectivity index (χ0) is 10.7. The highest BCUT2D eigenvalue weighted by Crippen LogP contribution is 2.13. The molecule has 0 unspecified atom stereocenters. The first-order valence-electron chi connectivity index (χ1n) is 4.67. The van der Waals surface area contributed by atoms with E-state index in [4.69, 9.17) is 5.73 Å². The second-order valence-electron chi connectivity index (χ2n) is 3.11. The number of nitrogens with zero attached hydrogens (tertiary/aromatic N) is 3. The summed E-state index contributed by atoms with van der Waals surface area (Å²) >= 11 is 0. The molecular formula is C10H11FN4. The Balaban J connectivity index is 2.45. The zero-order valence-electron chi connectivity index (χ0n) is 8.10. The summed E-state index contributed by atoms with van der Waals surface area (Å²) in [4.78, 5) is 0. The van der Waals surface area contributed by atoms with Crippen LogP contribution in [-0.4, -0.2) is 21.3 Å². The van der Waals surface area contributed by atoms with Gasteiger partial charge in [-0.05, 0) is 18.7 Å². The van der Waals surface area contributed by atoms with Crippen molar-refractivity contribution in [3.8, 4) is 5.69 Å². The fourth-order valence-corrected chi connectivity index (χ4v) is 1.41. The molecule has 0 aliphatic rings. The number of nitrogens with two attached hydrogens (primary N) is 1. The van der Waals surface area contributed by atoms with E-state index in [-0.39, 0.29) is 5.82 Å². The van der Waals surface area contributed by atoms with Crippen molar-refractivity contribution in [2.75, 3.05) is 6.54 Å². The average molecular weight is 206 g/mol. The number of hydrogen-bond donors (Lipinski definition) is 1. The molecule has 5 heteroatoms. The Morgan fingerprint density at radius 3 is 2.87 bits per heavy atom. The van der Waals surface area contributed by atoms with Gasteiger partial charge in [-0.1, -0.05) is 12.1 Å². The molecule has 4 nitrogen and oxygen atoms in total. The van der Waals surface area contributed by atoms with Crippen molar-refractivity contribution in [1.82, 2.24) is 14.8 Å². The first-order valence-corrected chi connectivity index (χ1v) is 4.67. The van der Waals surface area contributed by atoms with Crippen molar-refractivity contribution in [1.29, 1.82) is 0 Å². The van der Waals surface area contributed by atoms with E-state index < -0.39 is 0 Å². The lowest BCUT2D eigenvalue weighted by molar-refractivity contribution is 0.614. The van der Waals surface area contributed by atoms with Crippen LogP contribution in [0.25, 0.3) is 5.69 Å². The van der Waals surface area contributed by atoms with E-state index in [1.807, 2.05) is 0 Å². The maximum absolute atomic E-state index is 13.5. The molecule has 1 heterocycles. The van der Waals surface area contributed by atoms with Crippen LogP contribution in [0.3, 0.4) is 0 Å². The summed E-state index contributed by atoms with van der Waals surface area (Å²) < 4.78 is 15.1. The van der Waals surface area contributed by atoms with E-state index in [2.05, 4.69) is 10.2 Å². The molecule has 0 fully saturated rings. The van der Waals surface area contributed by atoms with Crippen molar-refractivity contribution in [2.45, 2.75) is 6.42 Å². The van der Waals surface area contributed by atoms with Crippen molar-refractivity contribution in [2.24, 2.45) is 5.73 Å². The molecule has 0 amide bonds. The van der Waals surface area contributed by atoms with Gasteiger partial charge in [0, 0.05) is 6.42 Å². The van der Waals surface area contributed by atoms with Crippen molar-refractivity contribution in [3.05, 3.63) is 42.2 Å². The fourth-order valence-electron chi connectivity index (χ4n) is 1.41. The minimum absolute atomic E-state index is 0.296. The number of aromatic nitrogens is 3. The molecule has 0 bridgehead atoms. The molecule has 2 rings (SSSR count). The molecule has 1 aromatic carbocycles. The highest BCUT2D eigenvalue weighted by atomic mass is 19.1. The Hall–Kier alpha value is -1.75. The second-order valence-corrected chi connectivity index (χ2v) is 3.11. The fraction of sp³-hybridized carbons (Fsp3) is 0.200. The molecular weight excluding hydrogens is 195 g/mol. The van der Waals surface area contributed by atoms with E-state index in [0.29, 0.717) is 24.5 Å². The smallest absolute Gasteiger partial charge is 0.147 e. The van der Waals surface area contributed by atoms with Gasteiger partial charge in [-0.2, -0.15) is 0 Å². The number of hydrogen-bond acceptors (Lipinski definition) is 3. The average Bonchev–Trinajstić information content (AvgIpc) is 2.67. The summed E-state index contributed by atoms with van der Waals surface area (Å²) in [5, 5.41) is 7.64. The Morgan fingerprint density at radius 2 is 2.13 bits per heavy atom. The first-order chi connectivity index (χ1) is 7.33. The summed E-state index contributed by atoms with van der Waals surface area (Å²) in [7, 11) is 0. The molecule has 2 N–H and O–H groups in total. The lowest BCUT2D eigenvalue weighted by atomic mass is 10.3. The Morgan fingerprint density at radius 1 is 1.33 bits per heavy atom. The third kappa shape index (κ3) is 1.87. The number of halogens is 1. The second kappa shape index (κ2) is 4.18. The van der Waals surface area contributed by atoms with Gasteiger partial charge in [0.25, 0.3) is 0 Å². The zero-order valence-corrected chi connectivity index (χ0v) is 8.10. The number of para-hydroxylation sites is 1. The van der Waals surface area contributed by atoms with Crippen molar-refractivity contribution >= 4 is 0 Å². The van der Waals surface area contributed by atoms with Crippen LogP contribution in [0.5, 0.6) is 0 Å². The van der Waals surface area contributed by atoms with E-state index in [0.717, 1.165) is 0 Å². The van der Waals surface area contributed by atoms with Gasteiger partial charge in [-0.15, -0.1) is 10.2 Å². The predicted octanol–water partition coefficient (Wildman–Crippen LogP) is 0.908. The van der Waals surface area contributed by atoms with Crippen LogP contribution in [-0.2, 0) is 6.42 Å². The largest absolute Gasteiger partial charge is 0.330 e. The molecule has 0 aliphatic heterocycles. The minimum Gasteiger partial charge on any atom is -0.330 e. The van der Waals surface area contributed by atoms with Gasteiger partial charge in [0.15, 0.2) is 0 Å². The summed E-state index contributed by atoms with van der Waals surface area (Å²) in [6.45, 7) is 0.465. The quantitative estimate of drug-likeness (QED) is 0.812. The molecule has 0 atom stereocenters. The SMILES string of the molecule is NCCc1nncn1-c1ccccc1F. The van der Waals surface area contributed by atoms with Crippen LogP contribution in [0.15, 0.2) is 30.6 Å². The van der Waals surface area contributed by atoms with Crippen molar-refractivity contribution < 1.29 is 4.39 Å². The highest BCUT2D eigenvalue weighted by Gasteiger charge is 2.08. The van der Waals surface area contributed by atoms with Gasteiger partial charge in [0.05, 0.1) is 5.69 Å². The summed E-state index contributed by atoms with van der Waals surface area (Å²) in [6, 6.07) is 6.50. The van der Waals surface area contributed by atoms with Gasteiger partial charge < -0.3 is 5.73 Å². The van der Waals surface area contributed by atoms with Crippen LogP contribution in [0.1, 0.15) is 5.82 Å². The van der Waals surface area contributed by atoms with Crippen molar-refractivity contribution in [3.63, 3.8) is 0 Å². The van der Waals surface area contributed by atoms with E-state index >= 15 is 0 Å². The Kier molecular flexibility index (Phi) is 2.73. The number of rotatable bonds is 3. The molecule has 15 heavy (non-hydrogen) atoms. The molecule has 78 valence electrons. The lowest BCUT2D eigenvalue weighted by Crippen LogP contribution is -2.09. The third-order valence-corrected chi connectivity index (χ3v) is 2.10. The maximum Gasteiger partial charge on any atom is 0.147 e. The number of benzene rings is 1. The van der Waals surface area contributed by atoms with Gasteiger partial charge in [-0.25, -0.2) is 4.39 Å². The molecule has 0 saturated heterocycles. The minimum atomic E-state index is -0.296. The van der Waals surface area contributed by atoms with Crippen LogP contribution < -0.4 is 5.73 Å². The van der Waals surface area contributed by atoms with Crippen LogP contribution >= 0.6 is 0 Å². The van der Waals surface area contributed by atoms with E-state index in [1.165, 1.54) is 12.4 Å². The van der Waals surface area contributed by atoms with Gasteiger partial charge in [0.2, 0.25) is 0 Å². The predicted molar refractivity (Wildman–Crippen MR) is 54.1 cm³/mol. The maximum atomic E-state index is 13.5. The molecule has 0 aliphatic carbocycles. The Bertz CT molecular complexity index is 452. The molecule has 0 saturated carbocycles. The van der Waals surface area contributed by atoms with Crippen LogP contribution in [0.2, 0.25) is 0 Å². The third-order valence-electron chi connectivity index (χ3n) is 2.10. The standard InChI is InChI=1S/C10H11FN4/c11-8-3-1-2-4-9(8)15-7-13-14-10(15)5-6-12/h1-4,7H,5-6,12H2. The first kappa shape index (κ1) is 9.79. The molecule has 2 aromatic rings. The highest BCUT2D eigenvalue weighted by molar-refractivity contribution is 5.34. The molecule has 0 spiro atoms. The monoisotopic (exact) mass is 206 g/mol. The lowest BCUT2D eigenvalue weighted by Gasteiger charge is -2.06. The molecule has 0 radical (unpaired) electrons. The van der Waals surface area contributed by atoms with Crippen LogP contribution in [0.4, 0.5) is 4.39 Å². The Labute approximate surface area is 86.6 Å². The molecule has 1 aromatic heterocycles. The van der Waals surface area contributed by atoms with Gasteiger partial charge >= 0.3 is 0 Å². The topological polar surface area (TPSA) is 56.7 Å². The van der Waals surface area contributed by atoms with Gasteiger partial charge in [0.1, 0.15) is 18.0 Å². The normalized spacial score (nSPS) is 10.5. The van der Waals surface area contributed by atoms with E-state index in [1.54, 1.807) is 22.8 Å².